The average Bonchev–Trinajstić information content (AvgIpc) is 3.06. The van der Waals surface area contributed by atoms with Crippen molar-refractivity contribution in [3.63, 3.8) is 0 Å². The van der Waals surface area contributed by atoms with Crippen LogP contribution in [0.1, 0.15) is 21.7 Å². The summed E-state index contributed by atoms with van der Waals surface area (Å²) in [5.74, 6) is -0.209. The Morgan fingerprint density at radius 1 is 0.963 bits per heavy atom. The highest BCUT2D eigenvalue weighted by Crippen LogP contribution is 2.33. The normalized spacial score (nSPS) is 10.9. The van der Waals surface area contributed by atoms with Gasteiger partial charge in [0.2, 0.25) is 5.78 Å². The summed E-state index contributed by atoms with van der Waals surface area (Å²) in [5, 5.41) is 4.12. The van der Waals surface area contributed by atoms with Crippen molar-refractivity contribution in [3.8, 4) is 0 Å². The molecule has 0 aliphatic heterocycles. The number of carbonyl (C=O) groups is 1. The molecule has 4 aromatic rings. The summed E-state index contributed by atoms with van der Waals surface area (Å²) in [7, 11) is 0. The molecule has 0 saturated carbocycles. The number of fused-ring (bicyclic) bond motifs is 1. The SMILES string of the molecule is O=C(c1ccc(Br)cc1)c1oc2ccccc2c1NCc1ccc(F)cc1. The molecule has 1 N–H and O–H groups in total. The standard InChI is InChI=1S/C22H15BrFNO2/c23-16-9-7-15(8-10-16)21(26)22-20(18-3-1-2-4-19(18)27-22)25-13-14-5-11-17(24)12-6-14/h1-12,25H,13H2. The van der Waals surface area contributed by atoms with Crippen LogP contribution < -0.4 is 5.32 Å². The number of ketones is 1. The number of hydrogen-bond donors (Lipinski definition) is 1. The van der Waals surface area contributed by atoms with Gasteiger partial charge in [-0.2, -0.15) is 0 Å². The van der Waals surface area contributed by atoms with E-state index in [1.54, 1.807) is 24.3 Å². The van der Waals surface area contributed by atoms with Crippen LogP contribution in [0.3, 0.4) is 0 Å². The van der Waals surface area contributed by atoms with Gasteiger partial charge in [0.15, 0.2) is 5.76 Å². The Morgan fingerprint density at radius 3 is 2.41 bits per heavy atom. The highest BCUT2D eigenvalue weighted by Gasteiger charge is 2.21. The molecule has 5 heteroatoms. The van der Waals surface area contributed by atoms with E-state index in [0.717, 1.165) is 15.4 Å². The van der Waals surface area contributed by atoms with Crippen LogP contribution >= 0.6 is 15.9 Å². The minimum Gasteiger partial charge on any atom is -0.450 e. The van der Waals surface area contributed by atoms with E-state index in [9.17, 15) is 9.18 Å². The Kier molecular flexibility index (Phi) is 4.77. The Morgan fingerprint density at radius 2 is 1.67 bits per heavy atom. The lowest BCUT2D eigenvalue weighted by Crippen LogP contribution is -2.06. The minimum atomic E-state index is -0.279. The molecule has 3 aromatic carbocycles. The number of carbonyl (C=O) groups excluding carboxylic acids is 1. The second-order valence-corrected chi connectivity index (χ2v) is 7.03. The fourth-order valence-electron chi connectivity index (χ4n) is 2.91. The molecule has 0 amide bonds. The summed E-state index contributed by atoms with van der Waals surface area (Å²) in [6.45, 7) is 0.449. The maximum absolute atomic E-state index is 13.1. The van der Waals surface area contributed by atoms with Gasteiger partial charge in [-0.05, 0) is 54.1 Å². The molecule has 0 unspecified atom stereocenters. The van der Waals surface area contributed by atoms with Crippen LogP contribution in [0.15, 0.2) is 81.7 Å². The number of hydrogen-bond acceptors (Lipinski definition) is 3. The van der Waals surface area contributed by atoms with E-state index in [1.807, 2.05) is 36.4 Å². The summed E-state index contributed by atoms with van der Waals surface area (Å²) in [6.07, 6.45) is 0. The van der Waals surface area contributed by atoms with Crippen LogP contribution in [-0.2, 0) is 6.54 Å². The van der Waals surface area contributed by atoms with E-state index < -0.39 is 0 Å². The zero-order chi connectivity index (χ0) is 18.8. The number of rotatable bonds is 5. The first kappa shape index (κ1) is 17.5. The molecule has 1 aromatic heterocycles. The molecule has 3 nitrogen and oxygen atoms in total. The molecule has 0 atom stereocenters. The van der Waals surface area contributed by atoms with Gasteiger partial charge in [-0.25, -0.2) is 4.39 Å². The predicted molar refractivity (Wildman–Crippen MR) is 108 cm³/mol. The second kappa shape index (κ2) is 7.37. The zero-order valence-corrected chi connectivity index (χ0v) is 15.8. The van der Waals surface area contributed by atoms with E-state index >= 15 is 0 Å². The number of halogens is 2. The third-order valence-electron chi connectivity index (χ3n) is 4.29. The third-order valence-corrected chi connectivity index (χ3v) is 4.82. The molecule has 0 bridgehead atoms. The summed E-state index contributed by atoms with van der Waals surface area (Å²) in [5.41, 5.74) is 2.73. The summed E-state index contributed by atoms with van der Waals surface area (Å²) in [6, 6.07) is 20.9. The summed E-state index contributed by atoms with van der Waals surface area (Å²) in [4.78, 5) is 13.0. The molecule has 4 rings (SSSR count). The first-order chi connectivity index (χ1) is 13.1. The third kappa shape index (κ3) is 3.64. The second-order valence-electron chi connectivity index (χ2n) is 6.12. The molecule has 0 aliphatic rings. The maximum atomic E-state index is 13.1. The van der Waals surface area contributed by atoms with E-state index in [1.165, 1.54) is 12.1 Å². The highest BCUT2D eigenvalue weighted by atomic mass is 79.9. The average molecular weight is 424 g/mol. The van der Waals surface area contributed by atoms with E-state index in [4.69, 9.17) is 4.42 Å². The Labute approximate surface area is 163 Å². The van der Waals surface area contributed by atoms with Crippen molar-refractivity contribution in [1.29, 1.82) is 0 Å². The van der Waals surface area contributed by atoms with E-state index in [-0.39, 0.29) is 17.4 Å². The first-order valence-electron chi connectivity index (χ1n) is 8.42. The van der Waals surface area contributed by atoms with Gasteiger partial charge in [-0.1, -0.05) is 40.2 Å². The molecular weight excluding hydrogens is 409 g/mol. The molecule has 0 saturated heterocycles. The minimum absolute atomic E-state index is 0.194. The van der Waals surface area contributed by atoms with Crippen molar-refractivity contribution < 1.29 is 13.6 Å². The van der Waals surface area contributed by atoms with Crippen LogP contribution in [0.2, 0.25) is 0 Å². The molecule has 1 heterocycles. The predicted octanol–water partition coefficient (Wildman–Crippen LogP) is 6.18. The molecule has 27 heavy (non-hydrogen) atoms. The van der Waals surface area contributed by atoms with Crippen LogP contribution in [0.25, 0.3) is 11.0 Å². The molecule has 134 valence electrons. The topological polar surface area (TPSA) is 42.2 Å². The fraction of sp³-hybridized carbons (Fsp3) is 0.0455. The van der Waals surface area contributed by atoms with Crippen molar-refractivity contribution in [2.75, 3.05) is 5.32 Å². The molecule has 0 fully saturated rings. The van der Waals surface area contributed by atoms with Crippen molar-refractivity contribution in [2.45, 2.75) is 6.54 Å². The summed E-state index contributed by atoms with van der Waals surface area (Å²) < 4.78 is 19.9. The van der Waals surface area contributed by atoms with Gasteiger partial charge in [0, 0.05) is 22.0 Å². The van der Waals surface area contributed by atoms with Crippen molar-refractivity contribution in [3.05, 3.63) is 100.0 Å². The fourth-order valence-corrected chi connectivity index (χ4v) is 3.17. The van der Waals surface area contributed by atoms with Crippen LogP contribution in [0.5, 0.6) is 0 Å². The lowest BCUT2D eigenvalue weighted by atomic mass is 10.1. The zero-order valence-electron chi connectivity index (χ0n) is 14.2. The van der Waals surface area contributed by atoms with Crippen LogP contribution in [0.4, 0.5) is 10.1 Å². The highest BCUT2D eigenvalue weighted by molar-refractivity contribution is 9.10. The number of furan rings is 1. The largest absolute Gasteiger partial charge is 0.450 e. The number of benzene rings is 3. The molecule has 0 spiro atoms. The van der Waals surface area contributed by atoms with Gasteiger partial charge in [-0.3, -0.25) is 4.79 Å². The van der Waals surface area contributed by atoms with Crippen LogP contribution in [0, 0.1) is 5.82 Å². The van der Waals surface area contributed by atoms with Gasteiger partial charge in [-0.15, -0.1) is 0 Å². The molecule has 0 radical (unpaired) electrons. The monoisotopic (exact) mass is 423 g/mol. The van der Waals surface area contributed by atoms with Crippen molar-refractivity contribution in [1.82, 2.24) is 0 Å². The van der Waals surface area contributed by atoms with Gasteiger partial charge in [0.05, 0.1) is 5.69 Å². The van der Waals surface area contributed by atoms with Gasteiger partial charge in [0.1, 0.15) is 11.4 Å². The van der Waals surface area contributed by atoms with Crippen LogP contribution in [-0.4, -0.2) is 5.78 Å². The Bertz CT molecular complexity index is 1100. The van der Waals surface area contributed by atoms with Gasteiger partial charge in [0.25, 0.3) is 0 Å². The molecule has 0 aliphatic carbocycles. The molecular formula is C22H15BrFNO2. The van der Waals surface area contributed by atoms with E-state index in [0.29, 0.717) is 23.4 Å². The smallest absolute Gasteiger partial charge is 0.230 e. The summed E-state index contributed by atoms with van der Waals surface area (Å²) >= 11 is 3.38. The number of nitrogens with one attached hydrogen (secondary N) is 1. The van der Waals surface area contributed by atoms with Crippen molar-refractivity contribution in [2.24, 2.45) is 0 Å². The Balaban J connectivity index is 1.71. The lowest BCUT2D eigenvalue weighted by Gasteiger charge is -2.07. The number of para-hydroxylation sites is 1. The van der Waals surface area contributed by atoms with Gasteiger partial charge < -0.3 is 9.73 Å². The lowest BCUT2D eigenvalue weighted by molar-refractivity contribution is 0.101. The first-order valence-corrected chi connectivity index (χ1v) is 9.21. The Hall–Kier alpha value is -2.92. The number of anilines is 1. The van der Waals surface area contributed by atoms with E-state index in [2.05, 4.69) is 21.2 Å². The van der Waals surface area contributed by atoms with Crippen molar-refractivity contribution >= 4 is 38.4 Å². The maximum Gasteiger partial charge on any atom is 0.230 e. The van der Waals surface area contributed by atoms with Gasteiger partial charge >= 0.3 is 0 Å². The quantitative estimate of drug-likeness (QED) is 0.389.